The Bertz CT molecular complexity index is 1020. The molecule has 0 radical (unpaired) electrons. The first kappa shape index (κ1) is 17.7. The molecule has 3 aromatic carbocycles. The summed E-state index contributed by atoms with van der Waals surface area (Å²) in [6.07, 6.45) is 2.79. The van der Waals surface area contributed by atoms with Crippen LogP contribution in [0.25, 0.3) is 11.3 Å². The van der Waals surface area contributed by atoms with Crippen LogP contribution in [0.5, 0.6) is 0 Å². The summed E-state index contributed by atoms with van der Waals surface area (Å²) >= 11 is 3.48. The van der Waals surface area contributed by atoms with E-state index < -0.39 is 0 Å². The number of benzene rings is 3. The van der Waals surface area contributed by atoms with Crippen molar-refractivity contribution < 1.29 is 4.39 Å². The molecule has 0 aliphatic carbocycles. The van der Waals surface area contributed by atoms with Gasteiger partial charge >= 0.3 is 0 Å². The van der Waals surface area contributed by atoms with Crippen LogP contribution >= 0.6 is 15.9 Å². The van der Waals surface area contributed by atoms with Gasteiger partial charge in [-0.15, -0.1) is 0 Å². The van der Waals surface area contributed by atoms with Crippen LogP contribution in [0, 0.1) is 5.82 Å². The number of imidazole rings is 1. The van der Waals surface area contributed by atoms with E-state index in [2.05, 4.69) is 51.0 Å². The van der Waals surface area contributed by atoms with E-state index in [-0.39, 0.29) is 5.82 Å². The van der Waals surface area contributed by atoms with Gasteiger partial charge in [0.15, 0.2) is 0 Å². The average Bonchev–Trinajstić information content (AvgIpc) is 3.07. The SMILES string of the molecule is Fc1ccc(-c2cn(Cc3ccccc3)c(Cc3ccc(Br)cc3)n2)cc1. The molecule has 4 rings (SSSR count). The minimum atomic E-state index is -0.238. The van der Waals surface area contributed by atoms with Crippen LogP contribution in [0.2, 0.25) is 0 Å². The second kappa shape index (κ2) is 7.89. The van der Waals surface area contributed by atoms with Crippen molar-refractivity contribution in [2.75, 3.05) is 0 Å². The lowest BCUT2D eigenvalue weighted by molar-refractivity contribution is 0.628. The predicted octanol–water partition coefficient (Wildman–Crippen LogP) is 6.09. The Hall–Kier alpha value is -2.72. The summed E-state index contributed by atoms with van der Waals surface area (Å²) in [5, 5.41) is 0. The quantitative estimate of drug-likeness (QED) is 0.381. The third-order valence-electron chi connectivity index (χ3n) is 4.47. The highest BCUT2D eigenvalue weighted by Gasteiger charge is 2.11. The zero-order chi connectivity index (χ0) is 18.6. The van der Waals surface area contributed by atoms with Crippen molar-refractivity contribution in [3.05, 3.63) is 112 Å². The van der Waals surface area contributed by atoms with Crippen LogP contribution < -0.4 is 0 Å². The highest BCUT2D eigenvalue weighted by Crippen LogP contribution is 2.22. The second-order valence-electron chi connectivity index (χ2n) is 6.47. The van der Waals surface area contributed by atoms with E-state index in [1.165, 1.54) is 23.3 Å². The van der Waals surface area contributed by atoms with Gasteiger partial charge in [-0.3, -0.25) is 0 Å². The van der Waals surface area contributed by atoms with Crippen molar-refractivity contribution >= 4 is 15.9 Å². The van der Waals surface area contributed by atoms with Crippen molar-refractivity contribution in [3.8, 4) is 11.3 Å². The van der Waals surface area contributed by atoms with Crippen LogP contribution in [-0.2, 0) is 13.0 Å². The molecule has 1 aromatic heterocycles. The number of aromatic nitrogens is 2. The average molecular weight is 421 g/mol. The Morgan fingerprint density at radius 1 is 0.815 bits per heavy atom. The van der Waals surface area contributed by atoms with Crippen LogP contribution in [0.4, 0.5) is 4.39 Å². The minimum absolute atomic E-state index is 0.238. The molecule has 4 aromatic rings. The summed E-state index contributed by atoms with van der Waals surface area (Å²) in [7, 11) is 0. The van der Waals surface area contributed by atoms with Gasteiger partial charge in [0, 0.05) is 29.2 Å². The van der Waals surface area contributed by atoms with E-state index in [1.54, 1.807) is 12.1 Å². The summed E-state index contributed by atoms with van der Waals surface area (Å²) in [4.78, 5) is 4.85. The Morgan fingerprint density at radius 2 is 1.52 bits per heavy atom. The van der Waals surface area contributed by atoms with Crippen molar-refractivity contribution in [1.29, 1.82) is 0 Å². The van der Waals surface area contributed by atoms with Gasteiger partial charge in [-0.1, -0.05) is 58.4 Å². The Labute approximate surface area is 166 Å². The normalized spacial score (nSPS) is 10.9. The zero-order valence-corrected chi connectivity index (χ0v) is 16.2. The zero-order valence-electron chi connectivity index (χ0n) is 14.6. The molecule has 4 heteroatoms. The fourth-order valence-corrected chi connectivity index (χ4v) is 3.32. The van der Waals surface area contributed by atoms with E-state index >= 15 is 0 Å². The molecular formula is C23H18BrFN2. The van der Waals surface area contributed by atoms with E-state index in [0.29, 0.717) is 0 Å². The highest BCUT2D eigenvalue weighted by atomic mass is 79.9. The topological polar surface area (TPSA) is 17.8 Å². The van der Waals surface area contributed by atoms with Crippen LogP contribution in [0.15, 0.2) is 89.5 Å². The molecule has 0 aliphatic rings. The first-order chi connectivity index (χ1) is 13.2. The Kier molecular flexibility index (Phi) is 5.16. The van der Waals surface area contributed by atoms with Crippen LogP contribution in [-0.4, -0.2) is 9.55 Å². The number of hydrogen-bond donors (Lipinski definition) is 0. The van der Waals surface area contributed by atoms with Gasteiger partial charge in [-0.25, -0.2) is 9.37 Å². The fourth-order valence-electron chi connectivity index (χ4n) is 3.06. The summed E-state index contributed by atoms with van der Waals surface area (Å²) in [5.74, 6) is 0.748. The maximum absolute atomic E-state index is 13.3. The third kappa shape index (κ3) is 4.34. The monoisotopic (exact) mass is 420 g/mol. The summed E-state index contributed by atoms with van der Waals surface area (Å²) < 4.78 is 16.5. The van der Waals surface area contributed by atoms with Crippen LogP contribution in [0.3, 0.4) is 0 Å². The molecule has 134 valence electrons. The summed E-state index contributed by atoms with van der Waals surface area (Å²) in [6.45, 7) is 0.751. The van der Waals surface area contributed by atoms with Gasteiger partial charge < -0.3 is 4.57 Å². The largest absolute Gasteiger partial charge is 0.330 e. The van der Waals surface area contributed by atoms with Crippen molar-refractivity contribution in [1.82, 2.24) is 9.55 Å². The molecular weight excluding hydrogens is 403 g/mol. The third-order valence-corrected chi connectivity index (χ3v) is 5.00. The van der Waals surface area contributed by atoms with E-state index in [1.807, 2.05) is 30.3 Å². The molecule has 0 spiro atoms. The lowest BCUT2D eigenvalue weighted by Crippen LogP contribution is -2.05. The second-order valence-corrected chi connectivity index (χ2v) is 7.38. The summed E-state index contributed by atoms with van der Waals surface area (Å²) in [5.41, 5.74) is 4.19. The first-order valence-corrected chi connectivity index (χ1v) is 9.57. The highest BCUT2D eigenvalue weighted by molar-refractivity contribution is 9.10. The van der Waals surface area contributed by atoms with E-state index in [4.69, 9.17) is 4.98 Å². The van der Waals surface area contributed by atoms with Crippen LogP contribution in [0.1, 0.15) is 17.0 Å². The predicted molar refractivity (Wildman–Crippen MR) is 110 cm³/mol. The molecule has 27 heavy (non-hydrogen) atoms. The molecule has 2 nitrogen and oxygen atoms in total. The molecule has 1 heterocycles. The maximum atomic E-state index is 13.3. The van der Waals surface area contributed by atoms with Crippen molar-refractivity contribution in [2.24, 2.45) is 0 Å². The molecule has 0 atom stereocenters. The van der Waals surface area contributed by atoms with Gasteiger partial charge in [-0.05, 0) is 47.5 Å². The Balaban J connectivity index is 1.70. The Morgan fingerprint density at radius 3 is 2.22 bits per heavy atom. The molecule has 0 saturated carbocycles. The lowest BCUT2D eigenvalue weighted by Gasteiger charge is -2.08. The fraction of sp³-hybridized carbons (Fsp3) is 0.0870. The van der Waals surface area contributed by atoms with Crippen molar-refractivity contribution in [2.45, 2.75) is 13.0 Å². The van der Waals surface area contributed by atoms with E-state index in [0.717, 1.165) is 34.5 Å². The molecule has 0 N–H and O–H groups in total. The molecule has 0 bridgehead atoms. The number of rotatable bonds is 5. The molecule has 0 fully saturated rings. The summed E-state index contributed by atoms with van der Waals surface area (Å²) in [6, 6.07) is 25.1. The molecule has 0 saturated heterocycles. The van der Waals surface area contributed by atoms with Gasteiger partial charge in [0.2, 0.25) is 0 Å². The molecule has 0 amide bonds. The first-order valence-electron chi connectivity index (χ1n) is 8.78. The molecule has 0 aliphatic heterocycles. The number of halogens is 2. The minimum Gasteiger partial charge on any atom is -0.330 e. The van der Waals surface area contributed by atoms with Gasteiger partial charge in [0.25, 0.3) is 0 Å². The van der Waals surface area contributed by atoms with Crippen molar-refractivity contribution in [3.63, 3.8) is 0 Å². The maximum Gasteiger partial charge on any atom is 0.123 e. The van der Waals surface area contributed by atoms with Gasteiger partial charge in [0.05, 0.1) is 5.69 Å². The van der Waals surface area contributed by atoms with E-state index in [9.17, 15) is 4.39 Å². The number of hydrogen-bond acceptors (Lipinski definition) is 1. The standard InChI is InChI=1S/C23H18BrFN2/c24-20-10-6-17(7-11-20)14-23-26-22(19-8-12-21(25)13-9-19)16-27(23)15-18-4-2-1-3-5-18/h1-13,16H,14-15H2. The lowest BCUT2D eigenvalue weighted by atomic mass is 10.1. The molecule has 0 unspecified atom stereocenters. The van der Waals surface area contributed by atoms with Gasteiger partial charge in [0.1, 0.15) is 11.6 Å². The smallest absolute Gasteiger partial charge is 0.123 e. The van der Waals surface area contributed by atoms with Gasteiger partial charge in [-0.2, -0.15) is 0 Å². The number of nitrogens with zero attached hydrogens (tertiary/aromatic N) is 2.